The summed E-state index contributed by atoms with van der Waals surface area (Å²) in [7, 11) is 1.65. The van der Waals surface area contributed by atoms with Crippen LogP contribution < -0.4 is 9.47 Å². The maximum absolute atomic E-state index is 5.95. The van der Waals surface area contributed by atoms with Crippen LogP contribution in [0.15, 0.2) is 54.9 Å². The summed E-state index contributed by atoms with van der Waals surface area (Å²) < 4.78 is 13.1. The van der Waals surface area contributed by atoms with Gasteiger partial charge in [0.05, 0.1) is 19.0 Å². The summed E-state index contributed by atoms with van der Waals surface area (Å²) in [5, 5.41) is 0. The van der Waals surface area contributed by atoms with Crippen LogP contribution in [-0.4, -0.2) is 16.5 Å². The normalized spacial score (nSPS) is 12.3. The van der Waals surface area contributed by atoms with Crippen molar-refractivity contribution in [2.24, 2.45) is 0 Å². The first-order valence-electron chi connectivity index (χ1n) is 6.50. The minimum absolute atomic E-state index is 0.0826. The van der Waals surface area contributed by atoms with Gasteiger partial charge < -0.3 is 13.9 Å². The molecule has 4 heteroatoms. The molecule has 0 spiro atoms. The zero-order valence-electron chi connectivity index (χ0n) is 11.5. The number of hydrogen-bond donors (Lipinski definition) is 0. The van der Waals surface area contributed by atoms with Gasteiger partial charge >= 0.3 is 0 Å². The molecule has 0 N–H and O–H groups in total. The van der Waals surface area contributed by atoms with E-state index in [4.69, 9.17) is 9.47 Å². The standard InChI is InChI=1S/C16H16N2O2/c1-12(20-14-8-6-13(19-2)7-9-14)15-11-17-16-5-3-4-10-18(15)16/h3-12H,1-2H3. The van der Waals surface area contributed by atoms with Gasteiger partial charge in [0.2, 0.25) is 0 Å². The third-order valence-electron chi connectivity index (χ3n) is 3.23. The van der Waals surface area contributed by atoms with Crippen molar-refractivity contribution in [2.45, 2.75) is 13.0 Å². The van der Waals surface area contributed by atoms with Crippen LogP contribution in [0.1, 0.15) is 18.7 Å². The maximum Gasteiger partial charge on any atom is 0.138 e. The first-order chi connectivity index (χ1) is 9.78. The molecule has 0 amide bonds. The van der Waals surface area contributed by atoms with Crippen LogP contribution in [-0.2, 0) is 0 Å². The molecular weight excluding hydrogens is 252 g/mol. The van der Waals surface area contributed by atoms with Gasteiger partial charge in [-0.05, 0) is 43.3 Å². The Hall–Kier alpha value is -2.49. The Kier molecular flexibility index (Phi) is 3.29. The summed E-state index contributed by atoms with van der Waals surface area (Å²) >= 11 is 0. The van der Waals surface area contributed by atoms with E-state index in [0.29, 0.717) is 0 Å². The number of rotatable bonds is 4. The monoisotopic (exact) mass is 268 g/mol. The molecule has 1 atom stereocenters. The molecule has 0 aliphatic rings. The molecule has 0 saturated heterocycles. The fourth-order valence-electron chi connectivity index (χ4n) is 2.17. The molecule has 3 aromatic rings. The van der Waals surface area contributed by atoms with Crippen LogP contribution in [0.4, 0.5) is 0 Å². The topological polar surface area (TPSA) is 35.8 Å². The lowest BCUT2D eigenvalue weighted by Gasteiger charge is -2.14. The molecule has 0 aliphatic carbocycles. The second-order valence-corrected chi connectivity index (χ2v) is 4.55. The fraction of sp³-hybridized carbons (Fsp3) is 0.188. The molecule has 0 fully saturated rings. The third kappa shape index (κ3) is 2.32. The highest BCUT2D eigenvalue weighted by atomic mass is 16.5. The van der Waals surface area contributed by atoms with Crippen molar-refractivity contribution < 1.29 is 9.47 Å². The maximum atomic E-state index is 5.95. The van der Waals surface area contributed by atoms with Gasteiger partial charge in [-0.3, -0.25) is 0 Å². The van der Waals surface area contributed by atoms with Gasteiger partial charge in [0.15, 0.2) is 0 Å². The van der Waals surface area contributed by atoms with Crippen LogP contribution in [0.25, 0.3) is 5.65 Å². The van der Waals surface area contributed by atoms with Crippen molar-refractivity contribution in [3.8, 4) is 11.5 Å². The number of hydrogen-bond acceptors (Lipinski definition) is 3. The molecular formula is C16H16N2O2. The summed E-state index contributed by atoms with van der Waals surface area (Å²) in [5.74, 6) is 1.63. The Morgan fingerprint density at radius 3 is 2.55 bits per heavy atom. The number of nitrogens with zero attached hydrogens (tertiary/aromatic N) is 2. The van der Waals surface area contributed by atoms with Crippen LogP contribution in [0.5, 0.6) is 11.5 Å². The lowest BCUT2D eigenvalue weighted by Crippen LogP contribution is -2.06. The molecule has 2 aromatic heterocycles. The van der Waals surface area contributed by atoms with Crippen LogP contribution in [0, 0.1) is 0 Å². The Morgan fingerprint density at radius 1 is 1.05 bits per heavy atom. The molecule has 2 heterocycles. The number of imidazole rings is 1. The largest absolute Gasteiger partial charge is 0.497 e. The Morgan fingerprint density at radius 2 is 1.80 bits per heavy atom. The predicted octanol–water partition coefficient (Wildman–Crippen LogP) is 3.48. The molecule has 102 valence electrons. The van der Waals surface area contributed by atoms with Crippen molar-refractivity contribution in [1.82, 2.24) is 9.38 Å². The highest BCUT2D eigenvalue weighted by Gasteiger charge is 2.12. The van der Waals surface area contributed by atoms with E-state index in [0.717, 1.165) is 22.8 Å². The molecule has 0 radical (unpaired) electrons. The smallest absolute Gasteiger partial charge is 0.138 e. The molecule has 20 heavy (non-hydrogen) atoms. The van der Waals surface area contributed by atoms with E-state index in [1.165, 1.54) is 0 Å². The average Bonchev–Trinajstić information content (AvgIpc) is 2.92. The van der Waals surface area contributed by atoms with Crippen LogP contribution >= 0.6 is 0 Å². The van der Waals surface area contributed by atoms with Crippen molar-refractivity contribution in [3.05, 3.63) is 60.6 Å². The minimum Gasteiger partial charge on any atom is -0.497 e. The quantitative estimate of drug-likeness (QED) is 0.726. The van der Waals surface area contributed by atoms with E-state index in [-0.39, 0.29) is 6.10 Å². The van der Waals surface area contributed by atoms with Gasteiger partial charge in [0.25, 0.3) is 0 Å². The van der Waals surface area contributed by atoms with Gasteiger partial charge in [-0.1, -0.05) is 6.07 Å². The summed E-state index contributed by atoms with van der Waals surface area (Å²) in [5.41, 5.74) is 1.95. The van der Waals surface area contributed by atoms with Gasteiger partial charge in [0, 0.05) is 6.20 Å². The molecule has 4 nitrogen and oxygen atoms in total. The highest BCUT2D eigenvalue weighted by Crippen LogP contribution is 2.24. The summed E-state index contributed by atoms with van der Waals surface area (Å²) in [6.07, 6.45) is 3.76. The molecule has 1 unspecified atom stereocenters. The first-order valence-corrected chi connectivity index (χ1v) is 6.50. The number of aromatic nitrogens is 2. The van der Waals surface area contributed by atoms with Gasteiger partial charge in [-0.15, -0.1) is 0 Å². The molecule has 0 bridgehead atoms. The Labute approximate surface area is 117 Å². The number of fused-ring (bicyclic) bond motifs is 1. The van der Waals surface area contributed by atoms with Crippen LogP contribution in [0.3, 0.4) is 0 Å². The van der Waals surface area contributed by atoms with Gasteiger partial charge in [-0.2, -0.15) is 0 Å². The van der Waals surface area contributed by atoms with E-state index in [1.54, 1.807) is 7.11 Å². The number of benzene rings is 1. The second kappa shape index (κ2) is 5.25. The van der Waals surface area contributed by atoms with E-state index in [2.05, 4.69) is 4.98 Å². The Balaban J connectivity index is 1.83. The number of methoxy groups -OCH3 is 1. The third-order valence-corrected chi connectivity index (χ3v) is 3.23. The predicted molar refractivity (Wildman–Crippen MR) is 77.2 cm³/mol. The number of ether oxygens (including phenoxy) is 2. The molecule has 0 saturated carbocycles. The van der Waals surface area contributed by atoms with Crippen molar-refractivity contribution in [3.63, 3.8) is 0 Å². The summed E-state index contributed by atoms with van der Waals surface area (Å²) in [4.78, 5) is 4.37. The fourth-order valence-corrected chi connectivity index (χ4v) is 2.17. The zero-order chi connectivity index (χ0) is 13.9. The van der Waals surface area contributed by atoms with Gasteiger partial charge in [0.1, 0.15) is 23.3 Å². The van der Waals surface area contributed by atoms with E-state index in [1.807, 2.05) is 66.2 Å². The number of pyridine rings is 1. The van der Waals surface area contributed by atoms with Crippen LogP contribution in [0.2, 0.25) is 0 Å². The highest BCUT2D eigenvalue weighted by molar-refractivity contribution is 5.40. The molecule has 3 rings (SSSR count). The zero-order valence-corrected chi connectivity index (χ0v) is 11.5. The summed E-state index contributed by atoms with van der Waals surface area (Å²) in [6, 6.07) is 13.5. The average molecular weight is 268 g/mol. The molecule has 1 aromatic carbocycles. The van der Waals surface area contributed by atoms with Crippen molar-refractivity contribution in [1.29, 1.82) is 0 Å². The summed E-state index contributed by atoms with van der Waals surface area (Å²) in [6.45, 7) is 2.01. The van der Waals surface area contributed by atoms with E-state index in [9.17, 15) is 0 Å². The Bertz CT molecular complexity index is 704. The second-order valence-electron chi connectivity index (χ2n) is 4.55. The minimum atomic E-state index is -0.0826. The van der Waals surface area contributed by atoms with Crippen molar-refractivity contribution >= 4 is 5.65 Å². The van der Waals surface area contributed by atoms with Gasteiger partial charge in [-0.25, -0.2) is 4.98 Å². The SMILES string of the molecule is COc1ccc(OC(C)c2cnc3ccccn23)cc1. The first kappa shape index (κ1) is 12.5. The van der Waals surface area contributed by atoms with E-state index < -0.39 is 0 Å². The molecule has 0 aliphatic heterocycles. The van der Waals surface area contributed by atoms with Crippen molar-refractivity contribution in [2.75, 3.05) is 7.11 Å². The lowest BCUT2D eigenvalue weighted by molar-refractivity contribution is 0.220. The lowest BCUT2D eigenvalue weighted by atomic mass is 10.3. The van der Waals surface area contributed by atoms with E-state index >= 15 is 0 Å².